The minimum absolute atomic E-state index is 0.0279. The maximum absolute atomic E-state index is 6.06. The van der Waals surface area contributed by atoms with E-state index in [9.17, 15) is 0 Å². The summed E-state index contributed by atoms with van der Waals surface area (Å²) < 4.78 is 6.06. The maximum atomic E-state index is 6.06. The first-order valence-corrected chi connectivity index (χ1v) is 10.8. The minimum atomic E-state index is -0.0279. The van der Waals surface area contributed by atoms with Crippen molar-refractivity contribution in [1.29, 1.82) is 0 Å². The van der Waals surface area contributed by atoms with Crippen molar-refractivity contribution in [2.45, 2.75) is 77.4 Å². The van der Waals surface area contributed by atoms with Crippen LogP contribution < -0.4 is 10.2 Å². The van der Waals surface area contributed by atoms with E-state index in [0.717, 1.165) is 19.4 Å². The fourth-order valence-corrected chi connectivity index (χ4v) is 4.86. The molecule has 0 aliphatic carbocycles. The van der Waals surface area contributed by atoms with Gasteiger partial charge in [0.1, 0.15) is 0 Å². The van der Waals surface area contributed by atoms with Crippen molar-refractivity contribution in [3.05, 3.63) is 35.9 Å². The topological polar surface area (TPSA) is 30.3 Å². The Bertz CT molecular complexity index is 512. The smallest absolute Gasteiger partial charge is 0.0839 e. The Hall–Kier alpha value is -0.900. The lowest BCUT2D eigenvalue weighted by molar-refractivity contribution is -0.898. The van der Waals surface area contributed by atoms with Crippen LogP contribution in [0, 0.1) is 0 Å². The zero-order chi connectivity index (χ0) is 19.0. The molecule has 0 radical (unpaired) electrons. The Morgan fingerprint density at radius 3 is 2.46 bits per heavy atom. The largest absolute Gasteiger partial charge is 0.376 e. The van der Waals surface area contributed by atoms with Crippen molar-refractivity contribution in [2.24, 2.45) is 0 Å². The third-order valence-corrected chi connectivity index (χ3v) is 6.24. The summed E-state index contributed by atoms with van der Waals surface area (Å²) >= 11 is 0. The van der Waals surface area contributed by atoms with Crippen LogP contribution in [0.25, 0.3) is 0 Å². The van der Waals surface area contributed by atoms with Crippen LogP contribution in [0.4, 0.5) is 0 Å². The molecule has 1 fully saturated rings. The first-order chi connectivity index (χ1) is 12.4. The molecule has 3 nitrogen and oxygen atoms in total. The molecule has 1 saturated heterocycles. The molecular weight excluding hydrogens is 320 g/mol. The lowest BCUT2D eigenvalue weighted by atomic mass is 9.66. The Labute approximate surface area is 161 Å². The van der Waals surface area contributed by atoms with Gasteiger partial charge in [0, 0.05) is 24.9 Å². The normalized spacial score (nSPS) is 23.9. The van der Waals surface area contributed by atoms with Gasteiger partial charge in [0.05, 0.1) is 37.8 Å². The highest BCUT2D eigenvalue weighted by molar-refractivity contribution is 5.27. The first-order valence-electron chi connectivity index (χ1n) is 10.8. The van der Waals surface area contributed by atoms with Crippen LogP contribution in [0.3, 0.4) is 0 Å². The van der Waals surface area contributed by atoms with Crippen LogP contribution in [0.15, 0.2) is 30.3 Å². The number of nitrogens with two attached hydrogens (primary N) is 1. The van der Waals surface area contributed by atoms with Gasteiger partial charge < -0.3 is 15.0 Å². The molecule has 2 atom stereocenters. The average Bonchev–Trinajstić information content (AvgIpc) is 2.62. The van der Waals surface area contributed by atoms with Gasteiger partial charge in [0.15, 0.2) is 0 Å². The maximum Gasteiger partial charge on any atom is 0.0839 e. The van der Waals surface area contributed by atoms with Gasteiger partial charge in [-0.1, -0.05) is 30.3 Å². The Morgan fingerprint density at radius 2 is 1.85 bits per heavy atom. The Kier molecular flexibility index (Phi) is 8.12. The van der Waals surface area contributed by atoms with Gasteiger partial charge in [0.2, 0.25) is 0 Å². The lowest BCUT2D eigenvalue weighted by Crippen LogP contribution is -3.11. The van der Waals surface area contributed by atoms with Crippen molar-refractivity contribution < 1.29 is 15.0 Å². The van der Waals surface area contributed by atoms with Gasteiger partial charge in [0.25, 0.3) is 0 Å². The van der Waals surface area contributed by atoms with Crippen LogP contribution in [0.1, 0.15) is 65.9 Å². The summed E-state index contributed by atoms with van der Waals surface area (Å²) in [4.78, 5) is 1.72. The molecule has 3 heteroatoms. The Balaban J connectivity index is 1.97. The second-order valence-corrected chi connectivity index (χ2v) is 8.95. The molecule has 1 aliphatic rings. The van der Waals surface area contributed by atoms with E-state index in [1.54, 1.807) is 4.90 Å². The molecule has 148 valence electrons. The highest BCUT2D eigenvalue weighted by Crippen LogP contribution is 2.44. The van der Waals surface area contributed by atoms with Crippen LogP contribution in [0.5, 0.6) is 0 Å². The van der Waals surface area contributed by atoms with Crippen LogP contribution in [0.2, 0.25) is 0 Å². The number of nitrogens with one attached hydrogen (secondary N) is 1. The van der Waals surface area contributed by atoms with Gasteiger partial charge in [-0.25, -0.2) is 0 Å². The van der Waals surface area contributed by atoms with E-state index in [1.807, 2.05) is 0 Å². The predicted molar refractivity (Wildman–Crippen MR) is 110 cm³/mol. The van der Waals surface area contributed by atoms with Crippen molar-refractivity contribution in [3.63, 3.8) is 0 Å². The number of hydrogen-bond donors (Lipinski definition) is 2. The predicted octanol–water partition coefficient (Wildman–Crippen LogP) is 2.17. The van der Waals surface area contributed by atoms with E-state index in [1.165, 1.54) is 44.6 Å². The second-order valence-electron chi connectivity index (χ2n) is 8.95. The third-order valence-electron chi connectivity index (χ3n) is 6.24. The number of quaternary nitrogens is 2. The monoisotopic (exact) mass is 362 g/mol. The van der Waals surface area contributed by atoms with Gasteiger partial charge in [-0.2, -0.15) is 0 Å². The molecule has 0 saturated carbocycles. The van der Waals surface area contributed by atoms with Crippen LogP contribution in [-0.2, 0) is 10.2 Å². The third kappa shape index (κ3) is 6.07. The molecule has 0 amide bonds. The first kappa shape index (κ1) is 21.4. The van der Waals surface area contributed by atoms with Crippen molar-refractivity contribution >= 4 is 0 Å². The molecular formula is C23H42N2O+2. The molecule has 0 bridgehead atoms. The van der Waals surface area contributed by atoms with E-state index >= 15 is 0 Å². The van der Waals surface area contributed by atoms with Gasteiger partial charge in [-0.15, -0.1) is 0 Å². The summed E-state index contributed by atoms with van der Waals surface area (Å²) in [5, 5.41) is 2.58. The van der Waals surface area contributed by atoms with Crippen LogP contribution in [-0.4, -0.2) is 44.4 Å². The van der Waals surface area contributed by atoms with E-state index in [0.29, 0.717) is 6.04 Å². The summed E-state index contributed by atoms with van der Waals surface area (Å²) in [6.45, 7) is 17.4. The van der Waals surface area contributed by atoms with E-state index in [-0.39, 0.29) is 11.0 Å². The molecule has 1 heterocycles. The fourth-order valence-electron chi connectivity index (χ4n) is 4.86. The molecule has 1 aromatic rings. The quantitative estimate of drug-likeness (QED) is 0.614. The molecule has 0 unspecified atom stereocenters. The molecule has 1 aromatic carbocycles. The van der Waals surface area contributed by atoms with Crippen molar-refractivity contribution in [2.75, 3.05) is 32.8 Å². The summed E-state index contributed by atoms with van der Waals surface area (Å²) in [7, 11) is 0. The summed E-state index contributed by atoms with van der Waals surface area (Å²) in [5.74, 6) is 0. The highest BCUT2D eigenvalue weighted by atomic mass is 16.5. The van der Waals surface area contributed by atoms with Gasteiger partial charge in [-0.05, 0) is 53.0 Å². The molecule has 0 spiro atoms. The number of ether oxygens (including phenoxy) is 1. The Morgan fingerprint density at radius 1 is 1.15 bits per heavy atom. The lowest BCUT2D eigenvalue weighted by Gasteiger charge is -2.46. The number of rotatable bonds is 10. The number of hydrogen-bond acceptors (Lipinski definition) is 1. The summed E-state index contributed by atoms with van der Waals surface area (Å²) in [6, 6.07) is 11.8. The van der Waals surface area contributed by atoms with Gasteiger partial charge in [-0.3, -0.25) is 0 Å². The summed E-state index contributed by atoms with van der Waals surface area (Å²) in [6.07, 6.45) is 4.81. The molecule has 2 rings (SSSR count). The van der Waals surface area contributed by atoms with E-state index in [4.69, 9.17) is 4.74 Å². The number of benzene rings is 1. The standard InChI is InChI=1S/C23H40N2O/c1-6-25(7-2)16-11-15-24-20(3)18-23(21-12-9-8-10-13-21)14-17-26-22(4,5)19-23/h8-10,12-13,20,24H,6-7,11,14-19H2,1-5H3/p+2/t20-,23-/m0/s1. The van der Waals surface area contributed by atoms with E-state index < -0.39 is 0 Å². The molecule has 3 N–H and O–H groups in total. The van der Waals surface area contributed by atoms with Crippen molar-refractivity contribution in [1.82, 2.24) is 0 Å². The highest BCUT2D eigenvalue weighted by Gasteiger charge is 2.43. The SMILES string of the molecule is CC[NH+](CC)CCC[NH2+][C@@H](C)C[C@@]1(c2ccccc2)CCOC(C)(C)C1. The molecule has 1 aliphatic heterocycles. The zero-order valence-electron chi connectivity index (χ0n) is 17.8. The van der Waals surface area contributed by atoms with Crippen molar-refractivity contribution in [3.8, 4) is 0 Å². The van der Waals surface area contributed by atoms with Gasteiger partial charge >= 0.3 is 0 Å². The summed E-state index contributed by atoms with van der Waals surface area (Å²) in [5.41, 5.74) is 1.73. The molecule has 26 heavy (non-hydrogen) atoms. The van der Waals surface area contributed by atoms with E-state index in [2.05, 4.69) is 70.3 Å². The average molecular weight is 363 g/mol. The second kappa shape index (κ2) is 9.87. The fraction of sp³-hybridized carbons (Fsp3) is 0.739. The zero-order valence-corrected chi connectivity index (χ0v) is 17.8. The van der Waals surface area contributed by atoms with Crippen LogP contribution >= 0.6 is 0 Å². The molecule has 0 aromatic heterocycles. The minimum Gasteiger partial charge on any atom is -0.376 e.